The molecule has 3 N–H and O–H groups in total. The quantitative estimate of drug-likeness (QED) is 0.423. The monoisotopic (exact) mass is 543 g/mol. The smallest absolute Gasteiger partial charge is 0.273 e. The first-order valence-corrected chi connectivity index (χ1v) is 12.1. The Kier molecular flexibility index (Phi) is 7.64. The summed E-state index contributed by atoms with van der Waals surface area (Å²) in [5.41, 5.74) is 0.986. The molecule has 1 aliphatic heterocycles. The van der Waals surface area contributed by atoms with Gasteiger partial charge >= 0.3 is 0 Å². The number of piperidine rings is 1. The van der Waals surface area contributed by atoms with Crippen molar-refractivity contribution in [3.05, 3.63) is 80.9 Å². The molecule has 176 valence electrons. The summed E-state index contributed by atoms with van der Waals surface area (Å²) >= 11 is 9.43. The van der Waals surface area contributed by atoms with Crippen LogP contribution in [-0.4, -0.2) is 45.9 Å². The topological polar surface area (TPSA) is 107 Å². The molecule has 2 aromatic carbocycles. The fourth-order valence-electron chi connectivity index (χ4n) is 3.82. The molecule has 0 saturated carbocycles. The summed E-state index contributed by atoms with van der Waals surface area (Å²) < 4.78 is 0.266. The molecular weight excluding hydrogens is 522 g/mol. The summed E-state index contributed by atoms with van der Waals surface area (Å²) in [6.45, 7) is 1.34. The Morgan fingerprint density at radius 3 is 2.35 bits per heavy atom. The number of benzene rings is 2. The zero-order chi connectivity index (χ0) is 24.1. The van der Waals surface area contributed by atoms with Gasteiger partial charge in [-0.1, -0.05) is 54.1 Å². The van der Waals surface area contributed by atoms with E-state index in [-0.39, 0.29) is 27.5 Å². The fourth-order valence-corrected chi connectivity index (χ4v) is 4.50. The van der Waals surface area contributed by atoms with Crippen LogP contribution in [-0.2, 0) is 4.79 Å². The van der Waals surface area contributed by atoms with E-state index in [2.05, 4.69) is 36.8 Å². The third kappa shape index (κ3) is 5.31. The lowest BCUT2D eigenvalue weighted by molar-refractivity contribution is -0.134. The molecule has 2 heterocycles. The van der Waals surface area contributed by atoms with E-state index in [0.29, 0.717) is 23.7 Å². The Balaban J connectivity index is 1.53. The average Bonchev–Trinajstić information content (AvgIpc) is 3.23. The normalized spacial score (nSPS) is 14.4. The van der Waals surface area contributed by atoms with Crippen LogP contribution in [0.25, 0.3) is 0 Å². The van der Waals surface area contributed by atoms with Crippen molar-refractivity contribution in [3.63, 3.8) is 0 Å². The molecule has 10 heteroatoms. The van der Waals surface area contributed by atoms with Gasteiger partial charge in [0.1, 0.15) is 11.9 Å². The van der Waals surface area contributed by atoms with Gasteiger partial charge in [0, 0.05) is 13.1 Å². The van der Waals surface area contributed by atoms with Crippen molar-refractivity contribution in [1.29, 1.82) is 0 Å². The number of amides is 3. The molecule has 0 unspecified atom stereocenters. The van der Waals surface area contributed by atoms with Crippen LogP contribution in [0.4, 0.5) is 5.82 Å². The molecule has 0 spiro atoms. The molecular formula is C24H23BrClN5O3. The van der Waals surface area contributed by atoms with Crippen LogP contribution in [0.3, 0.4) is 0 Å². The van der Waals surface area contributed by atoms with Crippen molar-refractivity contribution in [1.82, 2.24) is 20.4 Å². The molecule has 8 nitrogen and oxygen atoms in total. The maximum atomic E-state index is 13.3. The average molecular weight is 545 g/mol. The van der Waals surface area contributed by atoms with Crippen LogP contribution in [0.15, 0.2) is 59.1 Å². The highest BCUT2D eigenvalue weighted by atomic mass is 79.9. The zero-order valence-corrected chi connectivity index (χ0v) is 20.5. The van der Waals surface area contributed by atoms with Crippen molar-refractivity contribution in [2.24, 2.45) is 0 Å². The Labute approximate surface area is 210 Å². The molecule has 3 amide bonds. The van der Waals surface area contributed by atoms with Gasteiger partial charge in [-0.05, 0) is 52.9 Å². The third-order valence-electron chi connectivity index (χ3n) is 5.60. The van der Waals surface area contributed by atoms with Crippen LogP contribution in [0.1, 0.15) is 51.7 Å². The largest absolute Gasteiger partial charge is 0.341 e. The Hall–Kier alpha value is -3.17. The first-order chi connectivity index (χ1) is 16.5. The SMILES string of the molecule is O=C(Nc1[nH]nc(C(=O)N[C@H](C(=O)N2CCCCC2)c2ccccc2)c1Br)c1ccccc1Cl. The second-order valence-electron chi connectivity index (χ2n) is 7.90. The highest BCUT2D eigenvalue weighted by Gasteiger charge is 2.30. The second-order valence-corrected chi connectivity index (χ2v) is 9.10. The van der Waals surface area contributed by atoms with Crippen LogP contribution in [0, 0.1) is 0 Å². The molecule has 1 saturated heterocycles. The van der Waals surface area contributed by atoms with E-state index in [1.165, 1.54) is 0 Å². The number of carbonyl (C=O) groups excluding carboxylic acids is 3. The minimum Gasteiger partial charge on any atom is -0.341 e. The number of anilines is 1. The molecule has 0 radical (unpaired) electrons. The zero-order valence-electron chi connectivity index (χ0n) is 18.2. The Bertz CT molecular complexity index is 1190. The van der Waals surface area contributed by atoms with Gasteiger partial charge in [-0.2, -0.15) is 5.10 Å². The van der Waals surface area contributed by atoms with Crippen molar-refractivity contribution < 1.29 is 14.4 Å². The summed E-state index contributed by atoms with van der Waals surface area (Å²) in [6.07, 6.45) is 2.98. The Morgan fingerprint density at radius 2 is 1.65 bits per heavy atom. The molecule has 4 rings (SSSR count). The predicted octanol–water partition coefficient (Wildman–Crippen LogP) is 4.56. The first-order valence-electron chi connectivity index (χ1n) is 10.9. The van der Waals surface area contributed by atoms with Gasteiger partial charge in [0.25, 0.3) is 11.8 Å². The summed E-state index contributed by atoms with van der Waals surface area (Å²) in [6, 6.07) is 14.9. The number of halogens is 2. The number of nitrogens with one attached hydrogen (secondary N) is 3. The predicted molar refractivity (Wildman–Crippen MR) is 133 cm³/mol. The number of nitrogens with zero attached hydrogens (tertiary/aromatic N) is 2. The third-order valence-corrected chi connectivity index (χ3v) is 6.70. The summed E-state index contributed by atoms with van der Waals surface area (Å²) in [5, 5.41) is 12.5. The molecule has 3 aromatic rings. The number of likely N-dealkylation sites (tertiary alicyclic amines) is 1. The van der Waals surface area contributed by atoms with E-state index >= 15 is 0 Å². The van der Waals surface area contributed by atoms with Crippen LogP contribution in [0.5, 0.6) is 0 Å². The van der Waals surface area contributed by atoms with Crippen molar-refractivity contribution in [3.8, 4) is 0 Å². The lowest BCUT2D eigenvalue weighted by Gasteiger charge is -2.30. The summed E-state index contributed by atoms with van der Waals surface area (Å²) in [5.74, 6) is -0.961. The molecule has 0 bridgehead atoms. The minimum atomic E-state index is -0.850. The Morgan fingerprint density at radius 1 is 0.971 bits per heavy atom. The first kappa shape index (κ1) is 24.0. The number of hydrogen-bond acceptors (Lipinski definition) is 4. The van der Waals surface area contributed by atoms with Gasteiger partial charge < -0.3 is 15.5 Å². The maximum Gasteiger partial charge on any atom is 0.273 e. The van der Waals surface area contributed by atoms with Crippen molar-refractivity contribution >= 4 is 51.1 Å². The van der Waals surface area contributed by atoms with E-state index in [9.17, 15) is 14.4 Å². The number of H-pyrrole nitrogens is 1. The molecule has 34 heavy (non-hydrogen) atoms. The molecule has 1 fully saturated rings. The van der Waals surface area contributed by atoms with E-state index < -0.39 is 17.9 Å². The van der Waals surface area contributed by atoms with Crippen LogP contribution in [0.2, 0.25) is 5.02 Å². The molecule has 0 aliphatic carbocycles. The van der Waals surface area contributed by atoms with Gasteiger partial charge in [0.05, 0.1) is 15.1 Å². The van der Waals surface area contributed by atoms with Gasteiger partial charge in [-0.3, -0.25) is 19.5 Å². The number of aromatic amines is 1. The number of carbonyl (C=O) groups is 3. The van der Waals surface area contributed by atoms with Gasteiger partial charge in [0.15, 0.2) is 5.69 Å². The van der Waals surface area contributed by atoms with E-state index in [4.69, 9.17) is 11.6 Å². The van der Waals surface area contributed by atoms with Crippen LogP contribution >= 0.6 is 27.5 Å². The lowest BCUT2D eigenvalue weighted by atomic mass is 10.0. The van der Waals surface area contributed by atoms with Crippen molar-refractivity contribution in [2.45, 2.75) is 25.3 Å². The molecule has 1 aliphatic rings. The highest BCUT2D eigenvalue weighted by Crippen LogP contribution is 2.27. The van der Waals surface area contributed by atoms with Gasteiger partial charge in [0.2, 0.25) is 5.91 Å². The number of rotatable bonds is 6. The molecule has 1 aromatic heterocycles. The van der Waals surface area contributed by atoms with Gasteiger partial charge in [-0.15, -0.1) is 0 Å². The van der Waals surface area contributed by atoms with Crippen molar-refractivity contribution in [2.75, 3.05) is 18.4 Å². The van der Waals surface area contributed by atoms with Gasteiger partial charge in [-0.25, -0.2) is 0 Å². The summed E-state index contributed by atoms with van der Waals surface area (Å²) in [7, 11) is 0. The fraction of sp³-hybridized carbons (Fsp3) is 0.250. The number of hydrogen-bond donors (Lipinski definition) is 3. The highest BCUT2D eigenvalue weighted by molar-refractivity contribution is 9.10. The standard InChI is InChI=1S/C24H23BrClN5O3/c25-18-20(29-30-21(18)28-22(32)16-11-5-6-12-17(16)26)23(33)27-19(15-9-3-1-4-10-15)24(34)31-13-7-2-8-14-31/h1,3-6,9-12,19H,2,7-8,13-14H2,(H,27,33)(H2,28,29,30,32)/t19-/m0/s1. The van der Waals surface area contributed by atoms with E-state index in [0.717, 1.165) is 19.3 Å². The summed E-state index contributed by atoms with van der Waals surface area (Å²) in [4.78, 5) is 40.8. The lowest BCUT2D eigenvalue weighted by Crippen LogP contribution is -2.45. The molecule has 1 atom stereocenters. The maximum absolute atomic E-state index is 13.3. The van der Waals surface area contributed by atoms with Crippen LogP contribution < -0.4 is 10.6 Å². The minimum absolute atomic E-state index is 0.0156. The van der Waals surface area contributed by atoms with E-state index in [1.807, 2.05) is 30.3 Å². The second kappa shape index (κ2) is 10.8. The number of aromatic nitrogens is 2. The van der Waals surface area contributed by atoms with E-state index in [1.54, 1.807) is 29.2 Å².